The van der Waals surface area contributed by atoms with E-state index in [4.69, 9.17) is 4.74 Å². The smallest absolute Gasteiger partial charge is 0.335 e. The van der Waals surface area contributed by atoms with Gasteiger partial charge in [-0.3, -0.25) is 4.79 Å². The summed E-state index contributed by atoms with van der Waals surface area (Å²) in [6, 6.07) is 22.6. The molecule has 30 heavy (non-hydrogen) atoms. The SMILES string of the molecule is COc1cccc([C@H]2C[C@@]23C(=O)N(Cc2cccc(C(=O)O)c2)c2ccccc23)c1. The number of anilines is 1. The predicted octanol–water partition coefficient (Wildman–Crippen LogP) is 4.37. The first-order valence-corrected chi connectivity index (χ1v) is 9.92. The summed E-state index contributed by atoms with van der Waals surface area (Å²) in [5, 5.41) is 9.29. The Bertz CT molecular complexity index is 1170. The fourth-order valence-corrected chi connectivity index (χ4v) is 4.75. The minimum atomic E-state index is -0.971. The summed E-state index contributed by atoms with van der Waals surface area (Å²) in [6.07, 6.45) is 0.766. The van der Waals surface area contributed by atoms with Crippen LogP contribution in [0.15, 0.2) is 72.8 Å². The number of rotatable bonds is 5. The molecule has 1 fully saturated rings. The van der Waals surface area contributed by atoms with Crippen molar-refractivity contribution in [3.8, 4) is 5.75 Å². The Morgan fingerprint density at radius 3 is 2.70 bits per heavy atom. The summed E-state index contributed by atoms with van der Waals surface area (Å²) < 4.78 is 5.37. The van der Waals surface area contributed by atoms with E-state index in [9.17, 15) is 14.7 Å². The number of nitrogens with zero attached hydrogens (tertiary/aromatic N) is 1. The van der Waals surface area contributed by atoms with Crippen LogP contribution >= 0.6 is 0 Å². The van der Waals surface area contributed by atoms with Crippen LogP contribution in [0.3, 0.4) is 0 Å². The molecule has 5 heteroatoms. The van der Waals surface area contributed by atoms with Gasteiger partial charge in [-0.05, 0) is 53.4 Å². The Kier molecular flexibility index (Phi) is 4.13. The molecule has 150 valence electrons. The highest BCUT2D eigenvalue weighted by atomic mass is 16.5. The van der Waals surface area contributed by atoms with Crippen molar-refractivity contribution in [2.75, 3.05) is 12.0 Å². The average Bonchev–Trinajstić information content (AvgIpc) is 3.49. The van der Waals surface area contributed by atoms with Gasteiger partial charge in [-0.2, -0.15) is 0 Å². The Morgan fingerprint density at radius 1 is 1.10 bits per heavy atom. The maximum absolute atomic E-state index is 13.7. The molecule has 0 unspecified atom stereocenters. The molecule has 0 aromatic heterocycles. The van der Waals surface area contributed by atoms with Gasteiger partial charge < -0.3 is 14.7 Å². The number of carbonyl (C=O) groups excluding carboxylic acids is 1. The molecule has 0 radical (unpaired) electrons. The van der Waals surface area contributed by atoms with Crippen molar-refractivity contribution in [1.82, 2.24) is 0 Å². The molecule has 0 bridgehead atoms. The number of carbonyl (C=O) groups is 2. The number of fused-ring (bicyclic) bond motifs is 2. The number of para-hydroxylation sites is 1. The van der Waals surface area contributed by atoms with Gasteiger partial charge in [0.25, 0.3) is 0 Å². The van der Waals surface area contributed by atoms with Crippen LogP contribution in [0.5, 0.6) is 5.75 Å². The molecule has 3 aromatic rings. The molecule has 1 N–H and O–H groups in total. The first kappa shape index (κ1) is 18.4. The van der Waals surface area contributed by atoms with Gasteiger partial charge in [0.15, 0.2) is 0 Å². The maximum atomic E-state index is 13.7. The highest BCUT2D eigenvalue weighted by Gasteiger charge is 2.67. The number of carboxylic acids is 1. The number of hydrogen-bond donors (Lipinski definition) is 1. The Hall–Kier alpha value is -3.60. The number of carboxylic acid groups (broad SMARTS) is 1. The van der Waals surface area contributed by atoms with Crippen molar-refractivity contribution in [3.63, 3.8) is 0 Å². The third-order valence-electron chi connectivity index (χ3n) is 6.27. The maximum Gasteiger partial charge on any atom is 0.335 e. The van der Waals surface area contributed by atoms with E-state index in [-0.39, 0.29) is 17.4 Å². The average molecular weight is 399 g/mol. The van der Waals surface area contributed by atoms with Crippen molar-refractivity contribution in [2.24, 2.45) is 0 Å². The molecular formula is C25H21NO4. The van der Waals surface area contributed by atoms with Gasteiger partial charge in [0.05, 0.1) is 24.6 Å². The molecule has 1 saturated carbocycles. The molecule has 2 aliphatic rings. The van der Waals surface area contributed by atoms with Crippen molar-refractivity contribution >= 4 is 17.6 Å². The third-order valence-corrected chi connectivity index (χ3v) is 6.27. The standard InChI is InChI=1S/C25H21NO4/c1-30-19-9-5-7-17(13-19)21-14-25(21)20-10-2-3-11-22(20)26(24(25)29)15-16-6-4-8-18(12-16)23(27)28/h2-13,21H,14-15H2,1H3,(H,27,28)/t21-,25+/m1/s1. The van der Waals surface area contributed by atoms with Crippen LogP contribution in [-0.2, 0) is 16.8 Å². The Morgan fingerprint density at radius 2 is 1.90 bits per heavy atom. The minimum absolute atomic E-state index is 0.0808. The van der Waals surface area contributed by atoms with Crippen LogP contribution in [0.25, 0.3) is 0 Å². The fraction of sp³-hybridized carbons (Fsp3) is 0.200. The number of methoxy groups -OCH3 is 1. The monoisotopic (exact) mass is 399 g/mol. The number of aromatic carboxylic acids is 1. The first-order valence-electron chi connectivity index (χ1n) is 9.92. The van der Waals surface area contributed by atoms with E-state index in [1.54, 1.807) is 30.2 Å². The zero-order chi connectivity index (χ0) is 20.9. The van der Waals surface area contributed by atoms with Crippen LogP contribution < -0.4 is 9.64 Å². The lowest BCUT2D eigenvalue weighted by atomic mass is 9.92. The largest absolute Gasteiger partial charge is 0.497 e. The molecule has 1 spiro atoms. The van der Waals surface area contributed by atoms with Crippen LogP contribution in [-0.4, -0.2) is 24.1 Å². The molecule has 1 aliphatic carbocycles. The van der Waals surface area contributed by atoms with E-state index in [1.165, 1.54) is 0 Å². The highest BCUT2D eigenvalue weighted by molar-refractivity contribution is 6.11. The highest BCUT2D eigenvalue weighted by Crippen LogP contribution is 2.66. The molecule has 1 heterocycles. The van der Waals surface area contributed by atoms with E-state index in [1.807, 2.05) is 48.5 Å². The topological polar surface area (TPSA) is 66.8 Å². The normalized spacial score (nSPS) is 21.6. The lowest BCUT2D eigenvalue weighted by Crippen LogP contribution is -2.32. The van der Waals surface area contributed by atoms with Gasteiger partial charge in [0, 0.05) is 11.6 Å². The molecular weight excluding hydrogens is 378 g/mol. The molecule has 5 nitrogen and oxygen atoms in total. The second-order valence-electron chi connectivity index (χ2n) is 7.92. The van der Waals surface area contributed by atoms with Gasteiger partial charge in [0.2, 0.25) is 5.91 Å². The van der Waals surface area contributed by atoms with Crippen molar-refractivity contribution in [1.29, 1.82) is 0 Å². The molecule has 3 aromatic carbocycles. The Labute approximate surface area is 174 Å². The number of amides is 1. The van der Waals surface area contributed by atoms with Gasteiger partial charge in [-0.1, -0.05) is 42.5 Å². The van der Waals surface area contributed by atoms with Crippen LogP contribution in [0.1, 0.15) is 39.4 Å². The van der Waals surface area contributed by atoms with Gasteiger partial charge >= 0.3 is 5.97 Å². The second kappa shape index (κ2) is 6.73. The van der Waals surface area contributed by atoms with Crippen molar-refractivity contribution in [2.45, 2.75) is 24.3 Å². The van der Waals surface area contributed by atoms with Gasteiger partial charge in [-0.15, -0.1) is 0 Å². The fourth-order valence-electron chi connectivity index (χ4n) is 4.75. The predicted molar refractivity (Wildman–Crippen MR) is 113 cm³/mol. The number of ether oxygens (including phenoxy) is 1. The zero-order valence-corrected chi connectivity index (χ0v) is 16.5. The van der Waals surface area contributed by atoms with Crippen LogP contribution in [0.2, 0.25) is 0 Å². The summed E-state index contributed by atoms with van der Waals surface area (Å²) in [4.78, 5) is 26.8. The van der Waals surface area contributed by atoms with Crippen LogP contribution in [0, 0.1) is 0 Å². The Balaban J connectivity index is 1.51. The summed E-state index contributed by atoms with van der Waals surface area (Å²) in [7, 11) is 1.64. The first-order chi connectivity index (χ1) is 14.5. The quantitative estimate of drug-likeness (QED) is 0.692. The van der Waals surface area contributed by atoms with E-state index in [0.29, 0.717) is 6.54 Å². The number of hydrogen-bond acceptors (Lipinski definition) is 3. The summed E-state index contributed by atoms with van der Waals surface area (Å²) in [6.45, 7) is 0.351. The van der Waals surface area contributed by atoms with E-state index < -0.39 is 11.4 Å². The molecule has 5 rings (SSSR count). The van der Waals surface area contributed by atoms with E-state index in [0.717, 1.165) is 34.5 Å². The molecule has 2 atom stereocenters. The van der Waals surface area contributed by atoms with E-state index >= 15 is 0 Å². The van der Waals surface area contributed by atoms with Gasteiger partial charge in [-0.25, -0.2) is 4.79 Å². The van der Waals surface area contributed by atoms with Crippen LogP contribution in [0.4, 0.5) is 5.69 Å². The second-order valence-corrected chi connectivity index (χ2v) is 7.92. The van der Waals surface area contributed by atoms with Crippen molar-refractivity contribution < 1.29 is 19.4 Å². The molecule has 0 saturated heterocycles. The zero-order valence-electron chi connectivity index (χ0n) is 16.5. The van der Waals surface area contributed by atoms with Crippen molar-refractivity contribution in [3.05, 3.63) is 95.1 Å². The summed E-state index contributed by atoms with van der Waals surface area (Å²) in [5.74, 6) is 0.00576. The summed E-state index contributed by atoms with van der Waals surface area (Å²) in [5.41, 5.74) is 3.54. The molecule has 1 aliphatic heterocycles. The van der Waals surface area contributed by atoms with Gasteiger partial charge in [0.1, 0.15) is 5.75 Å². The lowest BCUT2D eigenvalue weighted by Gasteiger charge is -2.19. The van der Waals surface area contributed by atoms with E-state index in [2.05, 4.69) is 6.07 Å². The minimum Gasteiger partial charge on any atom is -0.497 e. The third kappa shape index (κ3) is 2.70. The number of benzene rings is 3. The molecule has 1 amide bonds. The lowest BCUT2D eigenvalue weighted by molar-refractivity contribution is -0.120. The summed E-state index contributed by atoms with van der Waals surface area (Å²) >= 11 is 0.